The maximum absolute atomic E-state index is 12.9. The van der Waals surface area contributed by atoms with Crippen LogP contribution in [0.15, 0.2) is 24.3 Å². The minimum Gasteiger partial charge on any atom is -0.365 e. The van der Waals surface area contributed by atoms with E-state index in [1.165, 1.54) is 6.07 Å². The topological polar surface area (TPSA) is 41.1 Å². The fourth-order valence-corrected chi connectivity index (χ4v) is 3.28. The second-order valence-corrected chi connectivity index (χ2v) is 5.98. The fourth-order valence-electron chi connectivity index (χ4n) is 3.28. The Morgan fingerprint density at radius 3 is 2.68 bits per heavy atom. The Morgan fingerprint density at radius 2 is 1.96 bits per heavy atom. The van der Waals surface area contributed by atoms with Crippen molar-refractivity contribution in [2.24, 2.45) is 0 Å². The smallest absolute Gasteiger partial charge is 0.365 e. The van der Waals surface area contributed by atoms with Crippen molar-refractivity contribution in [3.63, 3.8) is 0 Å². The van der Waals surface area contributed by atoms with Crippen LogP contribution in [0, 0.1) is 6.92 Å². The van der Waals surface area contributed by atoms with E-state index in [-0.39, 0.29) is 0 Å². The van der Waals surface area contributed by atoms with E-state index in [0.29, 0.717) is 17.4 Å². The molecule has 2 aliphatic heterocycles. The Balaban J connectivity index is 0.000000880. The van der Waals surface area contributed by atoms with E-state index >= 15 is 0 Å². The molecule has 1 saturated heterocycles. The van der Waals surface area contributed by atoms with Crippen molar-refractivity contribution >= 4 is 11.5 Å². The zero-order chi connectivity index (χ0) is 18.2. The van der Waals surface area contributed by atoms with Gasteiger partial charge < -0.3 is 10.2 Å². The van der Waals surface area contributed by atoms with Crippen LogP contribution in [0.25, 0.3) is 11.4 Å². The van der Waals surface area contributed by atoms with Crippen LogP contribution in [0.2, 0.25) is 0 Å². The van der Waals surface area contributed by atoms with E-state index in [2.05, 4.69) is 20.2 Å². The highest BCUT2D eigenvalue weighted by Crippen LogP contribution is 2.38. The number of nitrogens with one attached hydrogen (secondary N) is 1. The molecule has 2 bridgehead atoms. The van der Waals surface area contributed by atoms with Crippen LogP contribution in [0.3, 0.4) is 0 Å². The number of hydrogen-bond donors (Lipinski definition) is 1. The van der Waals surface area contributed by atoms with Crippen molar-refractivity contribution in [1.82, 2.24) is 9.97 Å². The van der Waals surface area contributed by atoms with Gasteiger partial charge in [0.15, 0.2) is 11.6 Å². The summed E-state index contributed by atoms with van der Waals surface area (Å²) in [6.45, 7) is 7.76. The van der Waals surface area contributed by atoms with Gasteiger partial charge in [0.05, 0.1) is 11.3 Å². The molecule has 2 aliphatic rings. The Morgan fingerprint density at radius 1 is 1.20 bits per heavy atom. The van der Waals surface area contributed by atoms with Crippen molar-refractivity contribution in [2.45, 2.75) is 39.4 Å². The van der Waals surface area contributed by atoms with Gasteiger partial charge >= 0.3 is 6.18 Å². The molecule has 0 amide bonds. The molecule has 0 aliphatic carbocycles. The summed E-state index contributed by atoms with van der Waals surface area (Å²) in [6.07, 6.45) is -3.34. The molecule has 3 heterocycles. The number of alkyl halides is 3. The molecule has 25 heavy (non-hydrogen) atoms. The van der Waals surface area contributed by atoms with E-state index in [1.807, 2.05) is 20.8 Å². The van der Waals surface area contributed by atoms with Crippen LogP contribution < -0.4 is 10.2 Å². The van der Waals surface area contributed by atoms with Gasteiger partial charge in [-0.25, -0.2) is 9.97 Å². The van der Waals surface area contributed by atoms with Crippen molar-refractivity contribution in [3.05, 3.63) is 35.5 Å². The molecule has 1 unspecified atom stereocenters. The summed E-state index contributed by atoms with van der Waals surface area (Å²) in [4.78, 5) is 11.2. The predicted molar refractivity (Wildman–Crippen MR) is 92.8 cm³/mol. The lowest BCUT2D eigenvalue weighted by Gasteiger charge is -2.29. The first kappa shape index (κ1) is 17.5. The summed E-state index contributed by atoms with van der Waals surface area (Å²) in [6, 6.07) is 5.49. The highest BCUT2D eigenvalue weighted by atomic mass is 19.4. The van der Waals surface area contributed by atoms with Crippen LogP contribution in [-0.2, 0) is 6.18 Å². The monoisotopic (exact) mass is 350 g/mol. The van der Waals surface area contributed by atoms with Crippen molar-refractivity contribution in [1.29, 1.82) is 0 Å². The molecule has 1 N–H and O–H groups in total. The first-order valence-electron chi connectivity index (χ1n) is 8.49. The average molecular weight is 350 g/mol. The lowest BCUT2D eigenvalue weighted by Crippen LogP contribution is -2.33. The molecule has 1 fully saturated rings. The minimum absolute atomic E-state index is 0.322. The number of fused-ring (bicyclic) bond motifs is 4. The molecular formula is C18H21F3N4. The normalized spacial score (nSPS) is 18.2. The Kier molecular flexibility index (Phi) is 4.58. The number of rotatable bonds is 1. The van der Waals surface area contributed by atoms with E-state index < -0.39 is 11.7 Å². The molecular weight excluding hydrogens is 329 g/mol. The van der Waals surface area contributed by atoms with E-state index in [9.17, 15) is 13.2 Å². The molecule has 0 radical (unpaired) electrons. The molecule has 0 saturated carbocycles. The third-order valence-electron chi connectivity index (χ3n) is 4.35. The SMILES string of the molecule is CC.Cc1nc(-c2cccc(C(F)(F)F)c2)nc2c1N1CCC(C1)N2. The number of aryl methyl sites for hydroxylation is 1. The minimum atomic E-state index is -4.37. The third kappa shape index (κ3) is 3.27. The molecule has 2 aromatic rings. The Hall–Kier alpha value is -2.31. The molecule has 1 aromatic carbocycles. The van der Waals surface area contributed by atoms with Crippen molar-refractivity contribution in [2.75, 3.05) is 23.3 Å². The maximum atomic E-state index is 12.9. The third-order valence-corrected chi connectivity index (χ3v) is 4.35. The van der Waals surface area contributed by atoms with E-state index in [0.717, 1.165) is 48.8 Å². The van der Waals surface area contributed by atoms with Gasteiger partial charge in [0.25, 0.3) is 0 Å². The van der Waals surface area contributed by atoms with Gasteiger partial charge in [-0.2, -0.15) is 13.2 Å². The lowest BCUT2D eigenvalue weighted by molar-refractivity contribution is -0.137. The number of halogens is 3. The molecule has 7 heteroatoms. The summed E-state index contributed by atoms with van der Waals surface area (Å²) in [5.74, 6) is 1.04. The molecule has 4 rings (SSSR count). The van der Waals surface area contributed by atoms with Gasteiger partial charge in [-0.15, -0.1) is 0 Å². The molecule has 134 valence electrons. The zero-order valence-electron chi connectivity index (χ0n) is 14.5. The summed E-state index contributed by atoms with van der Waals surface area (Å²) < 4.78 is 38.7. The maximum Gasteiger partial charge on any atom is 0.416 e. The van der Waals surface area contributed by atoms with Gasteiger partial charge in [0.1, 0.15) is 5.69 Å². The lowest BCUT2D eigenvalue weighted by atomic mass is 10.1. The van der Waals surface area contributed by atoms with Crippen LogP contribution in [0.5, 0.6) is 0 Å². The number of hydrogen-bond acceptors (Lipinski definition) is 4. The highest BCUT2D eigenvalue weighted by Gasteiger charge is 2.33. The summed E-state index contributed by atoms with van der Waals surface area (Å²) in [5, 5.41) is 3.37. The Bertz CT molecular complexity index is 773. The molecule has 0 spiro atoms. The van der Waals surface area contributed by atoms with Gasteiger partial charge in [-0.3, -0.25) is 0 Å². The van der Waals surface area contributed by atoms with Gasteiger partial charge in [-0.1, -0.05) is 26.0 Å². The van der Waals surface area contributed by atoms with Crippen LogP contribution in [-0.4, -0.2) is 29.1 Å². The van der Waals surface area contributed by atoms with Crippen molar-refractivity contribution < 1.29 is 13.2 Å². The average Bonchev–Trinajstić information content (AvgIpc) is 2.96. The summed E-state index contributed by atoms with van der Waals surface area (Å²) in [7, 11) is 0. The largest absolute Gasteiger partial charge is 0.416 e. The number of nitrogens with zero attached hydrogens (tertiary/aromatic N) is 3. The number of benzene rings is 1. The fraction of sp³-hybridized carbons (Fsp3) is 0.444. The first-order valence-corrected chi connectivity index (χ1v) is 8.49. The predicted octanol–water partition coefficient (Wildman–Crippen LogP) is 4.50. The molecule has 1 aromatic heterocycles. The number of anilines is 2. The highest BCUT2D eigenvalue weighted by molar-refractivity contribution is 5.75. The Labute approximate surface area is 145 Å². The second-order valence-electron chi connectivity index (χ2n) is 5.98. The standard InChI is InChI=1S/C16H15F3N4.C2H6/c1-9-13-15(21-12-5-6-23(13)8-12)22-14(20-9)10-3-2-4-11(7-10)16(17,18)19;1-2/h2-4,7,12H,5-6,8H2,1H3,(H,20,21,22);1-2H3. The zero-order valence-corrected chi connectivity index (χ0v) is 14.5. The van der Waals surface area contributed by atoms with Crippen molar-refractivity contribution in [3.8, 4) is 11.4 Å². The van der Waals surface area contributed by atoms with Crippen LogP contribution >= 0.6 is 0 Å². The van der Waals surface area contributed by atoms with E-state index in [1.54, 1.807) is 6.07 Å². The van der Waals surface area contributed by atoms with Crippen LogP contribution in [0.1, 0.15) is 31.5 Å². The number of aromatic nitrogens is 2. The first-order chi connectivity index (χ1) is 11.9. The molecule has 1 atom stereocenters. The quantitative estimate of drug-likeness (QED) is 0.822. The summed E-state index contributed by atoms with van der Waals surface area (Å²) >= 11 is 0. The van der Waals surface area contributed by atoms with Gasteiger partial charge in [0.2, 0.25) is 0 Å². The summed E-state index contributed by atoms with van der Waals surface area (Å²) in [5.41, 5.74) is 1.44. The molecule has 4 nitrogen and oxygen atoms in total. The van der Waals surface area contributed by atoms with Gasteiger partial charge in [0, 0.05) is 24.7 Å². The second kappa shape index (κ2) is 6.54. The van der Waals surface area contributed by atoms with E-state index in [4.69, 9.17) is 0 Å². The van der Waals surface area contributed by atoms with Crippen LogP contribution in [0.4, 0.5) is 24.7 Å². The van der Waals surface area contributed by atoms with Gasteiger partial charge in [-0.05, 0) is 25.5 Å².